The molecule has 1 aromatic carbocycles. The maximum Gasteiger partial charge on any atom is 0.303 e. The van der Waals surface area contributed by atoms with Crippen LogP contribution >= 0.6 is 0 Å². The van der Waals surface area contributed by atoms with Crippen molar-refractivity contribution in [2.24, 2.45) is 11.7 Å². The number of anilines is 1. The number of methoxy groups -OCH3 is 1. The van der Waals surface area contributed by atoms with Crippen molar-refractivity contribution in [3.63, 3.8) is 0 Å². The van der Waals surface area contributed by atoms with E-state index in [2.05, 4.69) is 17.1 Å². The molecule has 2 aromatic rings. The molecule has 2 aliphatic rings. The first-order chi connectivity index (χ1) is 19.4. The van der Waals surface area contributed by atoms with E-state index in [9.17, 15) is 19.8 Å². The molecule has 2 aliphatic heterocycles. The lowest BCUT2D eigenvalue weighted by Gasteiger charge is -2.33. The first-order valence-corrected chi connectivity index (χ1v) is 14.6. The predicted octanol–water partition coefficient (Wildman–Crippen LogP) is 4.96. The Balaban J connectivity index is 0.00000134. The molecule has 0 spiro atoms. The molecule has 1 fully saturated rings. The maximum absolute atomic E-state index is 12.8. The van der Waals surface area contributed by atoms with Gasteiger partial charge < -0.3 is 30.9 Å². The number of carboxylic acid groups (broad SMARTS) is 1. The molecule has 1 unspecified atom stereocenters. The summed E-state index contributed by atoms with van der Waals surface area (Å²) in [5.41, 5.74) is 7.58. The largest absolute Gasteiger partial charge is 0.504 e. The number of hydrogen-bond acceptors (Lipinski definition) is 7. The number of fused-ring (bicyclic) bond motifs is 1. The highest BCUT2D eigenvalue weighted by Crippen LogP contribution is 2.35. The molecule has 3 heterocycles. The van der Waals surface area contributed by atoms with Crippen LogP contribution in [0.25, 0.3) is 0 Å². The van der Waals surface area contributed by atoms with Gasteiger partial charge in [0.15, 0.2) is 11.5 Å². The third-order valence-corrected chi connectivity index (χ3v) is 7.53. The number of phenolic OH excluding ortho intramolecular Hbond substituents is 1. The van der Waals surface area contributed by atoms with Crippen molar-refractivity contribution >= 4 is 17.7 Å². The van der Waals surface area contributed by atoms with Crippen molar-refractivity contribution < 1.29 is 24.5 Å². The molecule has 1 aromatic heterocycles. The number of carbonyl (C=O) groups excluding carboxylic acids is 1. The molecule has 4 rings (SSSR count). The normalized spacial score (nSPS) is 15.3. The van der Waals surface area contributed by atoms with E-state index in [4.69, 9.17) is 9.72 Å². The minimum absolute atomic E-state index is 0.0392. The Bertz CT molecular complexity index is 1070. The van der Waals surface area contributed by atoms with Crippen LogP contribution in [0.5, 0.6) is 11.5 Å². The summed E-state index contributed by atoms with van der Waals surface area (Å²) >= 11 is 0. The maximum atomic E-state index is 12.8. The van der Waals surface area contributed by atoms with Crippen molar-refractivity contribution in [3.05, 3.63) is 47.2 Å². The van der Waals surface area contributed by atoms with Gasteiger partial charge in [-0.15, -0.1) is 0 Å². The molecule has 9 nitrogen and oxygen atoms in total. The molecular formula is C31H48N4O5. The zero-order valence-electron chi connectivity index (χ0n) is 24.6. The summed E-state index contributed by atoms with van der Waals surface area (Å²) in [7, 11) is 2.99. The van der Waals surface area contributed by atoms with E-state index in [1.807, 2.05) is 24.8 Å². The summed E-state index contributed by atoms with van der Waals surface area (Å²) in [6.45, 7) is 6.45. The number of likely N-dealkylation sites (tertiary alicyclic amines) is 1. The van der Waals surface area contributed by atoms with Crippen LogP contribution in [-0.2, 0) is 22.4 Å². The second-order valence-corrected chi connectivity index (χ2v) is 9.97. The third kappa shape index (κ3) is 9.70. The number of rotatable bonds is 10. The highest BCUT2D eigenvalue weighted by molar-refractivity contribution is 5.76. The fraction of sp³-hybridized carbons (Fsp3) is 0.581. The molecule has 1 saturated heterocycles. The minimum Gasteiger partial charge on any atom is -0.504 e. The Hall–Kier alpha value is -3.33. The lowest BCUT2D eigenvalue weighted by molar-refractivity contribution is -0.137. The fourth-order valence-electron chi connectivity index (χ4n) is 5.35. The quantitative estimate of drug-likeness (QED) is 0.322. The number of benzene rings is 1. The van der Waals surface area contributed by atoms with Crippen LogP contribution in [0.1, 0.15) is 81.5 Å². The molecular weight excluding hydrogens is 508 g/mol. The zero-order chi connectivity index (χ0) is 29.5. The van der Waals surface area contributed by atoms with Crippen LogP contribution in [0.4, 0.5) is 5.82 Å². The first kappa shape index (κ1) is 32.9. The second kappa shape index (κ2) is 17.4. The number of aromatic nitrogens is 1. The smallest absolute Gasteiger partial charge is 0.303 e. The topological polar surface area (TPSA) is 138 Å². The molecule has 9 heteroatoms. The van der Waals surface area contributed by atoms with Crippen LogP contribution in [0.15, 0.2) is 30.3 Å². The number of aliphatic carboxylic acids is 1. The van der Waals surface area contributed by atoms with Gasteiger partial charge in [-0.1, -0.05) is 26.0 Å². The summed E-state index contributed by atoms with van der Waals surface area (Å²) in [6, 6.07) is 9.25. The number of nitrogens with one attached hydrogen (secondary N) is 1. The third-order valence-electron chi connectivity index (χ3n) is 7.53. The van der Waals surface area contributed by atoms with Gasteiger partial charge in [-0.2, -0.15) is 0 Å². The molecule has 40 heavy (non-hydrogen) atoms. The monoisotopic (exact) mass is 556 g/mol. The highest BCUT2D eigenvalue weighted by atomic mass is 16.5. The molecule has 1 amide bonds. The number of aryl methyl sites for hydroxylation is 2. The molecule has 5 N–H and O–H groups in total. The van der Waals surface area contributed by atoms with E-state index in [0.717, 1.165) is 75.2 Å². The van der Waals surface area contributed by atoms with Crippen molar-refractivity contribution in [2.75, 3.05) is 39.1 Å². The highest BCUT2D eigenvalue weighted by Gasteiger charge is 2.25. The van der Waals surface area contributed by atoms with E-state index in [1.165, 1.54) is 19.7 Å². The number of piperidine rings is 1. The number of phenols is 1. The average molecular weight is 557 g/mol. The molecule has 0 bridgehead atoms. The van der Waals surface area contributed by atoms with Gasteiger partial charge in [-0.3, -0.25) is 9.59 Å². The van der Waals surface area contributed by atoms with Gasteiger partial charge in [0, 0.05) is 31.7 Å². The number of amides is 1. The van der Waals surface area contributed by atoms with Crippen molar-refractivity contribution in [2.45, 2.75) is 77.6 Å². The number of pyridine rings is 1. The Labute approximate surface area is 239 Å². The van der Waals surface area contributed by atoms with E-state index in [-0.39, 0.29) is 24.0 Å². The number of hydrogen-bond donors (Lipinski definition) is 4. The Morgan fingerprint density at radius 2 is 1.90 bits per heavy atom. The lowest BCUT2D eigenvalue weighted by atomic mass is 9.84. The van der Waals surface area contributed by atoms with E-state index < -0.39 is 5.97 Å². The summed E-state index contributed by atoms with van der Waals surface area (Å²) in [5, 5.41) is 22.6. The predicted molar refractivity (Wildman–Crippen MR) is 159 cm³/mol. The standard InChI is InChI=1S/C28H37N3O5.C2H6.CH5N/c1-36-25-17-21(7-10-24(25)32)22(18-27(34)35)5-4-19-12-15-31(16-13-19)26(33)11-9-23-8-6-20-3-2-14-29-28(20)30-23;2*1-2/h6-8,10,17,19,22,32H,2-5,9,11-16,18H2,1H3,(H,29,30)(H,34,35);1-2H3;2H2,1H3. The lowest BCUT2D eigenvalue weighted by Crippen LogP contribution is -2.38. The van der Waals surface area contributed by atoms with Crippen LogP contribution in [0.2, 0.25) is 0 Å². The SMILES string of the molecule is CC.CN.COc1cc(C(CCC2CCN(C(=O)CCc3ccc4c(n3)NCCC4)CC2)CC(=O)O)ccc1O. The van der Waals surface area contributed by atoms with E-state index >= 15 is 0 Å². The van der Waals surface area contributed by atoms with E-state index in [0.29, 0.717) is 24.5 Å². The van der Waals surface area contributed by atoms with Crippen LogP contribution in [0, 0.1) is 5.92 Å². The Kier molecular flexibility index (Phi) is 14.3. The first-order valence-electron chi connectivity index (χ1n) is 14.6. The van der Waals surface area contributed by atoms with Gasteiger partial charge in [-0.05, 0) is 93.2 Å². The van der Waals surface area contributed by atoms with Gasteiger partial charge in [0.1, 0.15) is 5.82 Å². The van der Waals surface area contributed by atoms with Gasteiger partial charge in [0.25, 0.3) is 0 Å². The molecule has 0 saturated carbocycles. The molecule has 0 aliphatic carbocycles. The van der Waals surface area contributed by atoms with Crippen LogP contribution in [0.3, 0.4) is 0 Å². The number of carbonyl (C=O) groups is 2. The number of aromatic hydroxyl groups is 1. The average Bonchev–Trinajstić information content (AvgIpc) is 3.00. The summed E-state index contributed by atoms with van der Waals surface area (Å²) in [4.78, 5) is 31.0. The Morgan fingerprint density at radius 3 is 2.58 bits per heavy atom. The van der Waals surface area contributed by atoms with Gasteiger partial charge in [0.05, 0.1) is 13.5 Å². The van der Waals surface area contributed by atoms with E-state index in [1.54, 1.807) is 18.2 Å². The summed E-state index contributed by atoms with van der Waals surface area (Å²) in [6.07, 6.45) is 6.89. The molecule has 1 atom stereocenters. The minimum atomic E-state index is -0.836. The second-order valence-electron chi connectivity index (χ2n) is 9.97. The van der Waals surface area contributed by atoms with Gasteiger partial charge in [0.2, 0.25) is 5.91 Å². The number of nitrogens with two attached hydrogens (primary N) is 1. The zero-order valence-corrected chi connectivity index (χ0v) is 24.6. The van der Waals surface area contributed by atoms with Gasteiger partial charge in [-0.25, -0.2) is 4.98 Å². The number of carboxylic acids is 1. The van der Waals surface area contributed by atoms with Crippen molar-refractivity contribution in [1.29, 1.82) is 0 Å². The van der Waals surface area contributed by atoms with Crippen molar-refractivity contribution in [3.8, 4) is 11.5 Å². The Morgan fingerprint density at radius 1 is 1.18 bits per heavy atom. The van der Waals surface area contributed by atoms with Gasteiger partial charge >= 0.3 is 5.97 Å². The summed E-state index contributed by atoms with van der Waals surface area (Å²) < 4.78 is 5.20. The molecule has 222 valence electrons. The molecule has 0 radical (unpaired) electrons. The van der Waals surface area contributed by atoms with Crippen LogP contribution < -0.4 is 15.8 Å². The number of nitrogens with zero attached hydrogens (tertiary/aromatic N) is 2. The summed E-state index contributed by atoms with van der Waals surface area (Å²) in [5.74, 6) is 1.05. The van der Waals surface area contributed by atoms with Crippen LogP contribution in [-0.4, -0.2) is 65.8 Å². The number of ether oxygens (including phenoxy) is 1. The van der Waals surface area contributed by atoms with Crippen molar-refractivity contribution in [1.82, 2.24) is 9.88 Å². The fourth-order valence-corrected chi connectivity index (χ4v) is 5.35.